The Balaban J connectivity index is 1.50. The Morgan fingerprint density at radius 3 is 2.71 bits per heavy atom. The summed E-state index contributed by atoms with van der Waals surface area (Å²) in [5, 5.41) is 11.7. The molecule has 1 fully saturated rings. The van der Waals surface area contributed by atoms with Crippen molar-refractivity contribution in [3.8, 4) is 11.4 Å². The molecule has 1 aliphatic heterocycles. The van der Waals surface area contributed by atoms with Gasteiger partial charge >= 0.3 is 6.09 Å². The van der Waals surface area contributed by atoms with Crippen LogP contribution < -0.4 is 10.1 Å². The molecule has 1 unspecified atom stereocenters. The van der Waals surface area contributed by atoms with E-state index in [2.05, 4.69) is 25.6 Å². The molecule has 31 heavy (non-hydrogen) atoms. The molecule has 1 aliphatic rings. The summed E-state index contributed by atoms with van der Waals surface area (Å²) in [5.41, 5.74) is 1.50. The predicted molar refractivity (Wildman–Crippen MR) is 115 cm³/mol. The molecule has 2 aromatic heterocycles. The van der Waals surface area contributed by atoms with Gasteiger partial charge in [0.2, 0.25) is 5.95 Å². The molecule has 0 radical (unpaired) electrons. The summed E-state index contributed by atoms with van der Waals surface area (Å²) in [6.45, 7) is 6.82. The highest BCUT2D eigenvalue weighted by molar-refractivity contribution is 5.72. The van der Waals surface area contributed by atoms with E-state index in [1.165, 1.54) is 0 Å². The van der Waals surface area contributed by atoms with Gasteiger partial charge < -0.3 is 19.7 Å². The summed E-state index contributed by atoms with van der Waals surface area (Å²) in [4.78, 5) is 23.1. The zero-order valence-corrected chi connectivity index (χ0v) is 18.2. The number of likely N-dealkylation sites (tertiary alicyclic amines) is 1. The Labute approximate surface area is 180 Å². The standard InChI is InChI=1S/C21H27N7O3/c1-21(2,3)31-20(29)27-11-5-6-14(13-27)23-19-22-12-17-18(24-19)28(26-25-17)15-7-9-16(30-4)10-8-15/h7-10,12,14H,5-6,11,13H2,1-4H3,(H,22,23,24). The Hall–Kier alpha value is -3.43. The molecule has 0 saturated carbocycles. The average molecular weight is 425 g/mol. The summed E-state index contributed by atoms with van der Waals surface area (Å²) < 4.78 is 12.4. The minimum absolute atomic E-state index is 0.0315. The normalized spacial score (nSPS) is 16.9. The molecule has 0 spiro atoms. The van der Waals surface area contributed by atoms with Gasteiger partial charge in [-0.05, 0) is 57.9 Å². The van der Waals surface area contributed by atoms with Gasteiger partial charge in [0, 0.05) is 19.1 Å². The molecular weight excluding hydrogens is 398 g/mol. The zero-order chi connectivity index (χ0) is 22.0. The molecule has 10 nitrogen and oxygen atoms in total. The number of hydrogen-bond donors (Lipinski definition) is 1. The van der Waals surface area contributed by atoms with Crippen LogP contribution in [-0.2, 0) is 4.74 Å². The van der Waals surface area contributed by atoms with Crippen molar-refractivity contribution in [1.82, 2.24) is 29.9 Å². The first-order valence-corrected chi connectivity index (χ1v) is 10.3. The van der Waals surface area contributed by atoms with E-state index in [0.29, 0.717) is 30.2 Å². The first-order chi connectivity index (χ1) is 14.8. The number of carbonyl (C=O) groups is 1. The minimum atomic E-state index is -0.515. The second kappa shape index (κ2) is 8.37. The zero-order valence-electron chi connectivity index (χ0n) is 18.2. The van der Waals surface area contributed by atoms with Crippen molar-refractivity contribution in [2.45, 2.75) is 45.3 Å². The number of anilines is 1. The smallest absolute Gasteiger partial charge is 0.410 e. The highest BCUT2D eigenvalue weighted by Gasteiger charge is 2.28. The van der Waals surface area contributed by atoms with Crippen molar-refractivity contribution in [2.75, 3.05) is 25.5 Å². The quantitative estimate of drug-likeness (QED) is 0.680. The van der Waals surface area contributed by atoms with Crippen LogP contribution in [0.1, 0.15) is 33.6 Å². The van der Waals surface area contributed by atoms with Crippen LogP contribution in [0.25, 0.3) is 16.9 Å². The number of nitrogens with zero attached hydrogens (tertiary/aromatic N) is 6. The van der Waals surface area contributed by atoms with Crippen LogP contribution in [0.15, 0.2) is 30.5 Å². The third kappa shape index (κ3) is 4.84. The van der Waals surface area contributed by atoms with Gasteiger partial charge in [0.25, 0.3) is 0 Å². The van der Waals surface area contributed by atoms with E-state index >= 15 is 0 Å². The van der Waals surface area contributed by atoms with E-state index in [-0.39, 0.29) is 12.1 Å². The minimum Gasteiger partial charge on any atom is -0.497 e. The lowest BCUT2D eigenvalue weighted by Gasteiger charge is -2.34. The highest BCUT2D eigenvalue weighted by Crippen LogP contribution is 2.20. The summed E-state index contributed by atoms with van der Waals surface area (Å²) in [5.74, 6) is 1.23. The number of benzene rings is 1. The summed E-state index contributed by atoms with van der Waals surface area (Å²) in [7, 11) is 1.63. The van der Waals surface area contributed by atoms with Gasteiger partial charge in [-0.3, -0.25) is 0 Å². The van der Waals surface area contributed by atoms with Gasteiger partial charge in [0.15, 0.2) is 11.2 Å². The van der Waals surface area contributed by atoms with Gasteiger partial charge in [0.05, 0.1) is 19.0 Å². The van der Waals surface area contributed by atoms with E-state index in [1.807, 2.05) is 45.0 Å². The SMILES string of the molecule is COc1ccc(-n2nnc3cnc(NC4CCCN(C(=O)OC(C)(C)C)C4)nc32)cc1. The summed E-state index contributed by atoms with van der Waals surface area (Å²) >= 11 is 0. The molecule has 164 valence electrons. The van der Waals surface area contributed by atoms with Gasteiger partial charge in [-0.15, -0.1) is 5.10 Å². The predicted octanol–water partition coefficient (Wildman–Crippen LogP) is 3.03. The number of aromatic nitrogens is 5. The largest absolute Gasteiger partial charge is 0.497 e. The van der Waals surface area contributed by atoms with Crippen molar-refractivity contribution in [2.24, 2.45) is 0 Å². The number of ether oxygens (including phenoxy) is 2. The Morgan fingerprint density at radius 1 is 1.23 bits per heavy atom. The van der Waals surface area contributed by atoms with Crippen molar-refractivity contribution in [3.63, 3.8) is 0 Å². The maximum atomic E-state index is 12.4. The van der Waals surface area contributed by atoms with Crippen LogP contribution in [0.2, 0.25) is 0 Å². The lowest BCUT2D eigenvalue weighted by atomic mass is 10.1. The number of piperidine rings is 1. The number of methoxy groups -OCH3 is 1. The molecular formula is C21H27N7O3. The molecule has 0 bridgehead atoms. The topological polar surface area (TPSA) is 107 Å². The first-order valence-electron chi connectivity index (χ1n) is 10.3. The van der Waals surface area contributed by atoms with Crippen molar-refractivity contribution in [3.05, 3.63) is 30.5 Å². The maximum Gasteiger partial charge on any atom is 0.410 e. The van der Waals surface area contributed by atoms with E-state index in [1.54, 1.807) is 22.9 Å². The molecule has 1 aromatic carbocycles. The number of carbonyl (C=O) groups excluding carboxylic acids is 1. The third-order valence-corrected chi connectivity index (χ3v) is 4.92. The molecule has 4 rings (SSSR count). The fourth-order valence-electron chi connectivity index (χ4n) is 3.46. The monoisotopic (exact) mass is 425 g/mol. The fourth-order valence-corrected chi connectivity index (χ4v) is 3.46. The fraction of sp³-hybridized carbons (Fsp3) is 0.476. The molecule has 3 heterocycles. The number of fused-ring (bicyclic) bond motifs is 1. The lowest BCUT2D eigenvalue weighted by molar-refractivity contribution is 0.0206. The average Bonchev–Trinajstić information content (AvgIpc) is 3.16. The van der Waals surface area contributed by atoms with Gasteiger partial charge in [0.1, 0.15) is 11.4 Å². The second-order valence-electron chi connectivity index (χ2n) is 8.51. The number of rotatable bonds is 4. The molecule has 3 aromatic rings. The summed E-state index contributed by atoms with van der Waals surface area (Å²) in [6.07, 6.45) is 3.14. The Kier molecular flexibility index (Phi) is 5.62. The Bertz CT molecular complexity index is 1060. The molecule has 1 saturated heterocycles. The van der Waals surface area contributed by atoms with Crippen molar-refractivity contribution in [1.29, 1.82) is 0 Å². The van der Waals surface area contributed by atoms with E-state index in [4.69, 9.17) is 9.47 Å². The van der Waals surface area contributed by atoms with Crippen LogP contribution in [0.4, 0.5) is 10.7 Å². The van der Waals surface area contributed by atoms with Gasteiger partial charge in [-0.25, -0.2) is 9.78 Å². The number of nitrogens with one attached hydrogen (secondary N) is 1. The molecule has 10 heteroatoms. The molecule has 1 atom stereocenters. The maximum absolute atomic E-state index is 12.4. The molecule has 0 aliphatic carbocycles. The number of hydrogen-bond acceptors (Lipinski definition) is 8. The van der Waals surface area contributed by atoms with Gasteiger partial charge in [-0.1, -0.05) is 5.21 Å². The lowest BCUT2D eigenvalue weighted by Crippen LogP contribution is -2.47. The van der Waals surface area contributed by atoms with Crippen LogP contribution in [0.5, 0.6) is 5.75 Å². The van der Waals surface area contributed by atoms with Crippen molar-refractivity contribution < 1.29 is 14.3 Å². The van der Waals surface area contributed by atoms with E-state index in [0.717, 1.165) is 24.3 Å². The molecule has 1 N–H and O–H groups in total. The highest BCUT2D eigenvalue weighted by atomic mass is 16.6. The van der Waals surface area contributed by atoms with Crippen LogP contribution in [-0.4, -0.2) is 67.8 Å². The van der Waals surface area contributed by atoms with Crippen molar-refractivity contribution >= 4 is 23.2 Å². The number of amides is 1. The van der Waals surface area contributed by atoms with Crippen LogP contribution in [0.3, 0.4) is 0 Å². The summed E-state index contributed by atoms with van der Waals surface area (Å²) in [6, 6.07) is 7.53. The third-order valence-electron chi connectivity index (χ3n) is 4.92. The van der Waals surface area contributed by atoms with E-state index in [9.17, 15) is 4.79 Å². The van der Waals surface area contributed by atoms with Gasteiger partial charge in [-0.2, -0.15) is 9.67 Å². The van der Waals surface area contributed by atoms with Crippen LogP contribution in [0, 0.1) is 0 Å². The van der Waals surface area contributed by atoms with E-state index < -0.39 is 5.60 Å². The first kappa shape index (κ1) is 20.8. The molecule has 1 amide bonds. The Morgan fingerprint density at radius 2 is 2.00 bits per heavy atom. The van der Waals surface area contributed by atoms with Crippen LogP contribution >= 0.6 is 0 Å². The second-order valence-corrected chi connectivity index (χ2v) is 8.51.